The zero-order valence-corrected chi connectivity index (χ0v) is 24.9. The van der Waals surface area contributed by atoms with Crippen molar-refractivity contribution in [1.82, 2.24) is 30.5 Å². The number of nitrogens with zero attached hydrogens (tertiary/aromatic N) is 5. The number of H-pyrrole nitrogens is 1. The number of alkyl halides is 3. The first-order valence-corrected chi connectivity index (χ1v) is 15.4. The van der Waals surface area contributed by atoms with Crippen molar-refractivity contribution in [3.8, 4) is 17.3 Å². The molecule has 3 saturated heterocycles. The summed E-state index contributed by atoms with van der Waals surface area (Å²) in [4.78, 5) is 17.2. The average molecular weight is 626 g/mol. The Morgan fingerprint density at radius 2 is 2.00 bits per heavy atom. The summed E-state index contributed by atoms with van der Waals surface area (Å²) in [6.45, 7) is 4.21. The fourth-order valence-electron chi connectivity index (χ4n) is 6.96. The van der Waals surface area contributed by atoms with Crippen LogP contribution in [0.4, 0.5) is 19.0 Å². The van der Waals surface area contributed by atoms with E-state index in [9.17, 15) is 13.2 Å². The number of nitrogens with one attached hydrogen (secondary N) is 2. The van der Waals surface area contributed by atoms with E-state index in [-0.39, 0.29) is 29.4 Å². The van der Waals surface area contributed by atoms with Crippen LogP contribution in [0.5, 0.6) is 6.01 Å². The highest BCUT2D eigenvalue weighted by molar-refractivity contribution is 7.26. The Labute approximate surface area is 253 Å². The highest BCUT2D eigenvalue weighted by atomic mass is 32.1. The monoisotopic (exact) mass is 625 g/mol. The van der Waals surface area contributed by atoms with Gasteiger partial charge in [0.15, 0.2) is 0 Å². The Morgan fingerprint density at radius 1 is 1.18 bits per heavy atom. The Kier molecular flexibility index (Phi) is 6.49. The van der Waals surface area contributed by atoms with Gasteiger partial charge in [0, 0.05) is 67.8 Å². The van der Waals surface area contributed by atoms with Gasteiger partial charge < -0.3 is 24.4 Å². The van der Waals surface area contributed by atoms with Crippen LogP contribution in [0.25, 0.3) is 42.5 Å². The molecule has 3 atom stereocenters. The van der Waals surface area contributed by atoms with Gasteiger partial charge in [-0.2, -0.15) is 28.2 Å². The first-order chi connectivity index (χ1) is 21.2. The minimum absolute atomic E-state index is 0.00729. The zero-order valence-electron chi connectivity index (χ0n) is 24.1. The van der Waals surface area contributed by atoms with Gasteiger partial charge in [0.05, 0.1) is 39.7 Å². The van der Waals surface area contributed by atoms with Crippen molar-refractivity contribution in [3.63, 3.8) is 0 Å². The summed E-state index contributed by atoms with van der Waals surface area (Å²) in [6.07, 6.45) is 1.26. The van der Waals surface area contributed by atoms with E-state index in [1.807, 2.05) is 6.07 Å². The van der Waals surface area contributed by atoms with Gasteiger partial charge in [0.25, 0.3) is 0 Å². The van der Waals surface area contributed by atoms with Gasteiger partial charge in [0.2, 0.25) is 0 Å². The summed E-state index contributed by atoms with van der Waals surface area (Å²) < 4.78 is 62.0. The Morgan fingerprint density at radius 3 is 2.73 bits per heavy atom. The molecule has 5 aromatic rings. The van der Waals surface area contributed by atoms with Crippen LogP contribution in [0.15, 0.2) is 24.5 Å². The molecule has 10 nitrogen and oxygen atoms in total. The summed E-state index contributed by atoms with van der Waals surface area (Å²) in [7, 11) is 1.64. The molecule has 3 unspecified atom stereocenters. The molecule has 3 aliphatic heterocycles. The second kappa shape index (κ2) is 10.2. The van der Waals surface area contributed by atoms with Crippen LogP contribution in [-0.4, -0.2) is 82.9 Å². The quantitative estimate of drug-likeness (QED) is 0.262. The molecule has 0 radical (unpaired) electrons. The number of aromatic amines is 1. The second-order valence-electron chi connectivity index (χ2n) is 11.9. The number of benzene rings is 1. The van der Waals surface area contributed by atoms with Crippen LogP contribution >= 0.6 is 11.3 Å². The van der Waals surface area contributed by atoms with Gasteiger partial charge in [-0.1, -0.05) is 0 Å². The van der Waals surface area contributed by atoms with Crippen LogP contribution in [0.2, 0.25) is 0 Å². The van der Waals surface area contributed by atoms with E-state index < -0.39 is 17.3 Å². The predicted octanol–water partition coefficient (Wildman–Crippen LogP) is 5.23. The molecule has 0 spiro atoms. The maximum absolute atomic E-state index is 14.6. The molecule has 230 valence electrons. The smallest absolute Gasteiger partial charge is 0.417 e. The second-order valence-corrected chi connectivity index (χ2v) is 12.9. The molecule has 3 fully saturated rings. The Bertz CT molecular complexity index is 1890. The SMILES string of the molecule is COC1(COc2nc(N3CC4CCC(C3)N4)c3c(n2)sc2c(-c4c(C(F)(F)F)c(C)cc5[nH]ncc45)nccc23)CCOC1. The van der Waals surface area contributed by atoms with Crippen molar-refractivity contribution in [1.29, 1.82) is 0 Å². The van der Waals surface area contributed by atoms with Crippen molar-refractivity contribution in [3.05, 3.63) is 35.7 Å². The number of methoxy groups -OCH3 is 1. The van der Waals surface area contributed by atoms with Gasteiger partial charge >= 0.3 is 12.2 Å². The van der Waals surface area contributed by atoms with Crippen molar-refractivity contribution in [2.45, 2.75) is 50.0 Å². The molecule has 0 saturated carbocycles. The molecule has 44 heavy (non-hydrogen) atoms. The number of aromatic nitrogens is 5. The lowest BCUT2D eigenvalue weighted by Gasteiger charge is -2.34. The molecule has 1 aromatic carbocycles. The van der Waals surface area contributed by atoms with Gasteiger partial charge in [-0.15, -0.1) is 11.3 Å². The highest BCUT2D eigenvalue weighted by Crippen LogP contribution is 2.48. The number of hydrogen-bond donors (Lipinski definition) is 2. The van der Waals surface area contributed by atoms with Crippen LogP contribution < -0.4 is 15.0 Å². The number of anilines is 1. The molecule has 7 heterocycles. The molecular formula is C30H30F3N7O3S. The van der Waals surface area contributed by atoms with E-state index in [2.05, 4.69) is 25.4 Å². The molecule has 14 heteroatoms. The molecule has 4 aromatic heterocycles. The third-order valence-corrected chi connectivity index (χ3v) is 10.3. The standard InChI is InChI=1S/C30H30F3N7O3S/c1-15-9-20-19(10-35-39-20)21(23(15)30(31,32)33)24-25-18(5-7-34-24)22-26(40-11-16-3-4-17(12-40)36-16)37-28(38-27(22)44-25)43-14-29(41-2)6-8-42-13-29/h5,7,9-10,16-17,36H,3-4,6,8,11-14H2,1-2H3,(H,35,39). The maximum atomic E-state index is 14.6. The average Bonchev–Trinajstić information content (AvgIpc) is 3.80. The van der Waals surface area contributed by atoms with Crippen molar-refractivity contribution >= 4 is 48.4 Å². The van der Waals surface area contributed by atoms with Gasteiger partial charge in [0.1, 0.15) is 22.9 Å². The number of hydrogen-bond acceptors (Lipinski definition) is 10. The first kappa shape index (κ1) is 27.9. The number of rotatable bonds is 6. The van der Waals surface area contributed by atoms with Gasteiger partial charge in [-0.05, 0) is 37.5 Å². The molecule has 0 amide bonds. The van der Waals surface area contributed by atoms with Crippen molar-refractivity contribution in [2.24, 2.45) is 0 Å². The Balaban J connectivity index is 1.34. The first-order valence-electron chi connectivity index (χ1n) is 14.6. The molecule has 2 bridgehead atoms. The van der Waals surface area contributed by atoms with Crippen molar-refractivity contribution in [2.75, 3.05) is 44.9 Å². The third kappa shape index (κ3) is 4.49. The molecule has 2 N–H and O–H groups in total. The van der Waals surface area contributed by atoms with Crippen LogP contribution in [0.3, 0.4) is 0 Å². The van der Waals surface area contributed by atoms with E-state index in [1.165, 1.54) is 30.5 Å². The summed E-state index contributed by atoms with van der Waals surface area (Å²) in [6, 6.07) is 4.20. The molecule has 3 aliphatic rings. The van der Waals surface area contributed by atoms with Crippen molar-refractivity contribution < 1.29 is 27.4 Å². The van der Waals surface area contributed by atoms with Gasteiger partial charge in [-0.25, -0.2) is 0 Å². The van der Waals surface area contributed by atoms with Gasteiger partial charge in [-0.3, -0.25) is 10.1 Å². The minimum Gasteiger partial charge on any atom is -0.460 e. The normalized spacial score (nSPS) is 23.9. The van der Waals surface area contributed by atoms with Crippen LogP contribution in [-0.2, 0) is 15.7 Å². The molecular weight excluding hydrogens is 595 g/mol. The van der Waals surface area contributed by atoms with E-state index in [0.717, 1.165) is 42.5 Å². The lowest BCUT2D eigenvalue weighted by atomic mass is 9.94. The number of fused-ring (bicyclic) bond motifs is 6. The fraction of sp³-hybridized carbons (Fsp3) is 0.467. The maximum Gasteiger partial charge on any atom is 0.417 e. The topological polar surface area (TPSA) is 110 Å². The van der Waals surface area contributed by atoms with E-state index in [4.69, 9.17) is 24.2 Å². The van der Waals surface area contributed by atoms with E-state index >= 15 is 0 Å². The van der Waals surface area contributed by atoms with E-state index in [0.29, 0.717) is 52.2 Å². The predicted molar refractivity (Wildman–Crippen MR) is 160 cm³/mol. The molecule has 0 aliphatic carbocycles. The highest BCUT2D eigenvalue weighted by Gasteiger charge is 2.39. The summed E-state index contributed by atoms with van der Waals surface area (Å²) in [5.74, 6) is 0.717. The minimum atomic E-state index is -4.60. The lowest BCUT2D eigenvalue weighted by Crippen LogP contribution is -2.51. The number of pyridine rings is 1. The Hall–Kier alpha value is -3.59. The van der Waals surface area contributed by atoms with Crippen LogP contribution in [0.1, 0.15) is 30.4 Å². The summed E-state index contributed by atoms with van der Waals surface area (Å²) in [5, 5.41) is 12.5. The van der Waals surface area contributed by atoms with E-state index in [1.54, 1.807) is 13.3 Å². The lowest BCUT2D eigenvalue weighted by molar-refractivity contribution is -0.137. The zero-order chi connectivity index (χ0) is 30.2. The largest absolute Gasteiger partial charge is 0.460 e. The summed E-state index contributed by atoms with van der Waals surface area (Å²) >= 11 is 1.30. The summed E-state index contributed by atoms with van der Waals surface area (Å²) in [5.41, 5.74) is -0.447. The number of halogens is 3. The number of piperazine rings is 1. The fourth-order valence-corrected chi connectivity index (χ4v) is 8.11. The number of ether oxygens (including phenoxy) is 3. The molecule has 8 rings (SSSR count). The number of aryl methyl sites for hydroxylation is 1. The number of thiophene rings is 1. The third-order valence-electron chi connectivity index (χ3n) is 9.15. The van der Waals surface area contributed by atoms with Crippen LogP contribution in [0, 0.1) is 6.92 Å².